The van der Waals surface area contributed by atoms with Crippen LogP contribution >= 0.6 is 11.8 Å². The number of fused-ring (bicyclic) bond motifs is 1. The van der Waals surface area contributed by atoms with E-state index in [9.17, 15) is 58.2 Å². The van der Waals surface area contributed by atoms with E-state index in [1.165, 1.54) is 18.7 Å². The van der Waals surface area contributed by atoms with Crippen LogP contribution < -0.4 is 54.0 Å². The van der Waals surface area contributed by atoms with Crippen molar-refractivity contribution in [2.45, 2.75) is 141 Å². The van der Waals surface area contributed by atoms with Crippen molar-refractivity contribution in [2.24, 2.45) is 23.3 Å². The molecule has 8 amide bonds. The van der Waals surface area contributed by atoms with Crippen LogP contribution in [0.15, 0.2) is 60.8 Å². The Labute approximate surface area is 447 Å². The van der Waals surface area contributed by atoms with Gasteiger partial charge in [0.25, 0.3) is 0 Å². The van der Waals surface area contributed by atoms with Gasteiger partial charge in [0.1, 0.15) is 42.3 Å². The minimum Gasteiger partial charge on any atom is -0.481 e. The average molecular weight is 1080 g/mol. The molecule has 8 atom stereocenters. The summed E-state index contributed by atoms with van der Waals surface area (Å²) < 4.78 is 0. The number of thioether (sulfide) groups is 1. The molecular formula is C52H77N11O12S. The molecule has 3 aromatic rings. The first-order valence-corrected chi connectivity index (χ1v) is 26.8. The zero-order valence-electron chi connectivity index (χ0n) is 44.1. The van der Waals surface area contributed by atoms with Crippen LogP contribution in [-0.4, -0.2) is 148 Å². The van der Waals surface area contributed by atoms with Gasteiger partial charge in [-0.2, -0.15) is 11.8 Å². The third kappa shape index (κ3) is 22.0. The lowest BCUT2D eigenvalue weighted by Gasteiger charge is -2.28. The highest BCUT2D eigenvalue weighted by Crippen LogP contribution is 2.20. The van der Waals surface area contributed by atoms with Crippen LogP contribution in [0.25, 0.3) is 10.9 Å². The van der Waals surface area contributed by atoms with Gasteiger partial charge >= 0.3 is 11.9 Å². The molecule has 418 valence electrons. The molecule has 1 heterocycles. The smallest absolute Gasteiger partial charge is 0.326 e. The molecule has 0 unspecified atom stereocenters. The first-order chi connectivity index (χ1) is 36.0. The van der Waals surface area contributed by atoms with Gasteiger partial charge in [-0.05, 0) is 93.0 Å². The normalized spacial score (nSPS) is 14.4. The van der Waals surface area contributed by atoms with Gasteiger partial charge in [-0.3, -0.25) is 43.2 Å². The maximum atomic E-state index is 14.7. The molecule has 24 heteroatoms. The highest BCUT2D eigenvalue weighted by atomic mass is 32.2. The molecule has 0 saturated heterocycles. The largest absolute Gasteiger partial charge is 0.481 e. The Hall–Kier alpha value is -7.05. The number of nitrogens with one attached hydrogen (secondary N) is 9. The summed E-state index contributed by atoms with van der Waals surface area (Å²) in [5.41, 5.74) is 13.3. The second-order valence-electron chi connectivity index (χ2n) is 19.5. The molecule has 0 aliphatic heterocycles. The van der Waals surface area contributed by atoms with E-state index in [2.05, 4.69) is 47.5 Å². The van der Waals surface area contributed by atoms with Crippen molar-refractivity contribution in [3.05, 3.63) is 71.9 Å². The predicted molar refractivity (Wildman–Crippen MR) is 287 cm³/mol. The van der Waals surface area contributed by atoms with Crippen LogP contribution in [-0.2, 0) is 60.8 Å². The Morgan fingerprint density at radius 3 is 1.66 bits per heavy atom. The fourth-order valence-corrected chi connectivity index (χ4v) is 8.51. The number of amides is 8. The highest BCUT2D eigenvalue weighted by molar-refractivity contribution is 7.98. The summed E-state index contributed by atoms with van der Waals surface area (Å²) in [7, 11) is 0. The first kappa shape index (κ1) is 63.2. The number of carbonyl (C=O) groups is 10. The minimum absolute atomic E-state index is 0.00671. The van der Waals surface area contributed by atoms with E-state index >= 15 is 0 Å². The molecule has 1 aromatic heterocycles. The quantitative estimate of drug-likeness (QED) is 0.0359. The number of unbranched alkanes of at least 4 members (excludes halogenated alkanes) is 1. The Kier molecular flexibility index (Phi) is 27.0. The summed E-state index contributed by atoms with van der Waals surface area (Å²) in [6, 6.07) is 5.42. The van der Waals surface area contributed by atoms with E-state index in [0.29, 0.717) is 29.7 Å². The van der Waals surface area contributed by atoms with Crippen molar-refractivity contribution in [3.8, 4) is 0 Å². The second kappa shape index (κ2) is 32.4. The summed E-state index contributed by atoms with van der Waals surface area (Å²) in [6.07, 6.45) is 3.33. The number of hydrogen-bond acceptors (Lipinski definition) is 13. The van der Waals surface area contributed by atoms with E-state index in [1.54, 1.807) is 76.5 Å². The van der Waals surface area contributed by atoms with Crippen molar-refractivity contribution in [1.82, 2.24) is 47.5 Å². The lowest BCUT2D eigenvalue weighted by molar-refractivity contribution is -0.143. The van der Waals surface area contributed by atoms with Crippen LogP contribution in [0.2, 0.25) is 0 Å². The molecule has 0 fully saturated rings. The van der Waals surface area contributed by atoms with Gasteiger partial charge < -0.3 is 69.2 Å². The number of para-hydroxylation sites is 1. The summed E-state index contributed by atoms with van der Waals surface area (Å²) >= 11 is 1.39. The molecule has 0 aliphatic rings. The van der Waals surface area contributed by atoms with Gasteiger partial charge in [0.15, 0.2) is 0 Å². The predicted octanol–water partition coefficient (Wildman–Crippen LogP) is 0.344. The number of carbonyl (C=O) groups excluding carboxylic acids is 8. The Morgan fingerprint density at radius 1 is 0.579 bits per heavy atom. The summed E-state index contributed by atoms with van der Waals surface area (Å²) in [4.78, 5) is 137. The molecule has 2 aromatic carbocycles. The SMILES string of the molecule is CSCC[C@H](NC(=O)[C@H](Cc1ccccc1)NC(=O)CNC(=O)[C@H](C)N)C(=O)N[C@@H](Cc1c[nH]c2ccccc12)C(=O)N[C@@H](CC(C)C)C(=O)N[C@@H](CC(=O)O)C(=O)N[C@@H](CCCCN)C(=O)N[C@@H](CC(C)C)C(=O)O. The number of aliphatic carboxylic acids is 2. The van der Waals surface area contributed by atoms with E-state index in [4.69, 9.17) is 11.5 Å². The fraction of sp³-hybridized carbons (Fsp3) is 0.538. The second-order valence-corrected chi connectivity index (χ2v) is 20.5. The van der Waals surface area contributed by atoms with Crippen LogP contribution in [0.3, 0.4) is 0 Å². The maximum Gasteiger partial charge on any atom is 0.326 e. The van der Waals surface area contributed by atoms with E-state index in [0.717, 1.165) is 10.9 Å². The number of carboxylic acids is 2. The van der Waals surface area contributed by atoms with Gasteiger partial charge in [-0.15, -0.1) is 0 Å². The van der Waals surface area contributed by atoms with Crippen molar-refractivity contribution >= 4 is 81.9 Å². The number of aromatic amines is 1. The van der Waals surface area contributed by atoms with Crippen molar-refractivity contribution in [1.29, 1.82) is 0 Å². The van der Waals surface area contributed by atoms with E-state index in [1.807, 2.05) is 18.2 Å². The van der Waals surface area contributed by atoms with Gasteiger partial charge in [-0.25, -0.2) is 4.79 Å². The van der Waals surface area contributed by atoms with Crippen LogP contribution in [0.5, 0.6) is 0 Å². The van der Waals surface area contributed by atoms with Crippen LogP contribution in [0.1, 0.15) is 90.7 Å². The Morgan fingerprint density at radius 2 is 1.08 bits per heavy atom. The molecule has 0 bridgehead atoms. The number of H-pyrrole nitrogens is 1. The molecule has 0 aliphatic carbocycles. The Bertz CT molecular complexity index is 2440. The molecule has 0 radical (unpaired) electrons. The molecule has 23 nitrogen and oxygen atoms in total. The van der Waals surface area contributed by atoms with Crippen molar-refractivity contribution in [2.75, 3.05) is 25.1 Å². The zero-order valence-corrected chi connectivity index (χ0v) is 44.9. The fourth-order valence-electron chi connectivity index (χ4n) is 8.04. The van der Waals surface area contributed by atoms with E-state index < -0.39 is 120 Å². The number of aromatic nitrogens is 1. The summed E-state index contributed by atoms with van der Waals surface area (Å²) in [5.74, 6) is -9.27. The molecule has 0 saturated carbocycles. The minimum atomic E-state index is -1.78. The Balaban J connectivity index is 1.97. The lowest BCUT2D eigenvalue weighted by atomic mass is 9.99. The molecule has 3 rings (SSSR count). The molecule has 0 spiro atoms. The van der Waals surface area contributed by atoms with Gasteiger partial charge in [0.05, 0.1) is 19.0 Å². The maximum absolute atomic E-state index is 14.7. The molecule has 15 N–H and O–H groups in total. The van der Waals surface area contributed by atoms with Gasteiger partial charge in [-0.1, -0.05) is 76.2 Å². The number of carboxylic acid groups (broad SMARTS) is 2. The van der Waals surface area contributed by atoms with E-state index in [-0.39, 0.29) is 56.9 Å². The third-order valence-corrected chi connectivity index (χ3v) is 12.6. The van der Waals surface area contributed by atoms with Crippen molar-refractivity contribution in [3.63, 3.8) is 0 Å². The lowest BCUT2D eigenvalue weighted by Crippen LogP contribution is -2.60. The van der Waals surface area contributed by atoms with Crippen molar-refractivity contribution < 1.29 is 58.2 Å². The van der Waals surface area contributed by atoms with Gasteiger partial charge in [0.2, 0.25) is 47.3 Å². The number of nitrogens with two attached hydrogens (primary N) is 2. The summed E-state index contributed by atoms with van der Waals surface area (Å²) in [6.45, 7) is 8.29. The zero-order chi connectivity index (χ0) is 56.5. The van der Waals surface area contributed by atoms with Crippen LogP contribution in [0.4, 0.5) is 0 Å². The topological polar surface area (TPSA) is 375 Å². The summed E-state index contributed by atoms with van der Waals surface area (Å²) in [5, 5.41) is 41.1. The van der Waals surface area contributed by atoms with Gasteiger partial charge in [0, 0.05) is 29.9 Å². The number of benzene rings is 2. The molecule has 76 heavy (non-hydrogen) atoms. The molecular weight excluding hydrogens is 1000 g/mol. The number of rotatable bonds is 34. The average Bonchev–Trinajstić information content (AvgIpc) is 3.77. The highest BCUT2D eigenvalue weighted by Gasteiger charge is 2.36. The standard InChI is InChI=1S/C52H77N11O12S/c1-29(2)22-38(48(70)62-41(26-44(65)66)51(73)58-36(18-12-13-20-53)46(68)63-42(52(74)75)23-30(3)4)60-50(72)40(25-33-27-55-35-17-11-10-16-34(33)35)61-47(69)37(19-21-76-6)59-49(71)39(24-32-14-8-7-9-15-32)57-43(64)28-56-45(67)31(5)54/h7-11,14-17,27,29-31,36-42,55H,12-13,18-26,28,53-54H2,1-6H3,(H,56,67)(H,57,64)(H,58,73)(H,59,71)(H,60,72)(H,61,69)(H,62,70)(H,63,68)(H,65,66)(H,74,75)/t31-,36-,37-,38-,39-,40-,41-,42-/m0/s1. The first-order valence-electron chi connectivity index (χ1n) is 25.4. The third-order valence-electron chi connectivity index (χ3n) is 12.0. The van der Waals surface area contributed by atoms with Crippen LogP contribution in [0, 0.1) is 11.8 Å². The number of hydrogen-bond donors (Lipinski definition) is 13. The monoisotopic (exact) mass is 1080 g/mol.